The van der Waals surface area contributed by atoms with E-state index in [-0.39, 0.29) is 17.0 Å². The van der Waals surface area contributed by atoms with Gasteiger partial charge in [0.2, 0.25) is 0 Å². The van der Waals surface area contributed by atoms with Crippen molar-refractivity contribution >= 4 is 39.9 Å². The van der Waals surface area contributed by atoms with Crippen molar-refractivity contribution < 1.29 is 8.78 Å². The van der Waals surface area contributed by atoms with E-state index in [1.165, 1.54) is 6.07 Å². The summed E-state index contributed by atoms with van der Waals surface area (Å²) in [5.74, 6) is -1.77. The monoisotopic (exact) mass is 313 g/mol. The largest absolute Gasteiger partial charge is 0.397 e. The summed E-state index contributed by atoms with van der Waals surface area (Å²) < 4.78 is 26.8. The maximum Gasteiger partial charge on any atom is 0.186 e. The first kappa shape index (κ1) is 13.1. The van der Waals surface area contributed by atoms with Crippen molar-refractivity contribution in [1.29, 1.82) is 0 Å². The van der Waals surface area contributed by atoms with Gasteiger partial charge in [0.25, 0.3) is 0 Å². The van der Waals surface area contributed by atoms with Gasteiger partial charge >= 0.3 is 0 Å². The fourth-order valence-corrected chi connectivity index (χ4v) is 2.36. The molecule has 0 aliphatic carbocycles. The quantitative estimate of drug-likeness (QED) is 0.654. The number of H-pyrrole nitrogens is 1. The van der Waals surface area contributed by atoms with Crippen molar-refractivity contribution in [2.45, 2.75) is 0 Å². The topological polar surface area (TPSA) is 54.7 Å². The Morgan fingerprint density at radius 2 is 1.75 bits per heavy atom. The molecule has 3 rings (SSSR count). The number of halogens is 4. The number of nitrogen functional groups attached to an aromatic ring is 1. The van der Waals surface area contributed by atoms with Crippen LogP contribution in [0.15, 0.2) is 24.3 Å². The zero-order valence-corrected chi connectivity index (χ0v) is 11.4. The highest BCUT2D eigenvalue weighted by atomic mass is 35.5. The number of nitrogens with two attached hydrogens (primary N) is 1. The number of nitrogens with one attached hydrogen (secondary N) is 1. The minimum Gasteiger partial charge on any atom is -0.397 e. The van der Waals surface area contributed by atoms with Crippen molar-refractivity contribution in [2.24, 2.45) is 0 Å². The Balaban J connectivity index is 2.31. The van der Waals surface area contributed by atoms with Crippen LogP contribution >= 0.6 is 23.2 Å². The SMILES string of the molecule is Nc1c(Cl)ccc(Cl)c1-c1nc2c(F)c(F)ccc2[nH]1. The van der Waals surface area contributed by atoms with E-state index in [1.807, 2.05) is 0 Å². The van der Waals surface area contributed by atoms with Crippen molar-refractivity contribution in [3.05, 3.63) is 45.9 Å². The first-order valence-electron chi connectivity index (χ1n) is 5.56. The molecule has 0 unspecified atom stereocenters. The predicted octanol–water partition coefficient (Wildman–Crippen LogP) is 4.40. The fraction of sp³-hybridized carbons (Fsp3) is 0. The number of fused-ring (bicyclic) bond motifs is 1. The van der Waals surface area contributed by atoms with Gasteiger partial charge in [0.15, 0.2) is 11.6 Å². The van der Waals surface area contributed by atoms with Gasteiger partial charge in [0, 0.05) is 0 Å². The lowest BCUT2D eigenvalue weighted by molar-refractivity contribution is 0.515. The number of rotatable bonds is 1. The van der Waals surface area contributed by atoms with Crippen LogP contribution in [-0.2, 0) is 0 Å². The number of imidazole rings is 1. The van der Waals surface area contributed by atoms with E-state index in [2.05, 4.69) is 9.97 Å². The van der Waals surface area contributed by atoms with Crippen molar-refractivity contribution in [3.63, 3.8) is 0 Å². The molecule has 3 N–H and O–H groups in total. The van der Waals surface area contributed by atoms with E-state index >= 15 is 0 Å². The second kappa shape index (κ2) is 4.61. The summed E-state index contributed by atoms with van der Waals surface area (Å²) in [6, 6.07) is 5.51. The Labute approximate surface area is 122 Å². The van der Waals surface area contributed by atoms with Crippen LogP contribution in [0.3, 0.4) is 0 Å². The number of benzene rings is 2. The standard InChI is InChI=1S/C13H7Cl2F2N3/c14-5-1-2-6(15)11(18)9(5)13-19-8-4-3-7(16)10(17)12(8)20-13/h1-4H,18H2,(H,19,20). The molecule has 102 valence electrons. The second-order valence-electron chi connectivity index (χ2n) is 4.16. The molecule has 0 radical (unpaired) electrons. The fourth-order valence-electron chi connectivity index (χ4n) is 1.94. The van der Waals surface area contributed by atoms with Crippen LogP contribution < -0.4 is 5.73 Å². The minimum absolute atomic E-state index is 0.115. The van der Waals surface area contributed by atoms with Crippen LogP contribution in [0.1, 0.15) is 0 Å². The molecule has 7 heteroatoms. The van der Waals surface area contributed by atoms with Gasteiger partial charge in [-0.15, -0.1) is 0 Å². The van der Waals surface area contributed by atoms with Crippen LogP contribution in [-0.4, -0.2) is 9.97 Å². The summed E-state index contributed by atoms with van der Waals surface area (Å²) in [4.78, 5) is 6.86. The third-order valence-corrected chi connectivity index (χ3v) is 3.57. The number of aromatic amines is 1. The van der Waals surface area contributed by atoms with Crippen LogP contribution in [0.2, 0.25) is 10.0 Å². The predicted molar refractivity (Wildman–Crippen MR) is 75.9 cm³/mol. The Morgan fingerprint density at radius 1 is 1.05 bits per heavy atom. The molecule has 0 bridgehead atoms. The molecule has 0 aliphatic heterocycles. The van der Waals surface area contributed by atoms with Gasteiger partial charge in [-0.3, -0.25) is 0 Å². The second-order valence-corrected chi connectivity index (χ2v) is 4.98. The Bertz CT molecular complexity index is 830. The normalized spacial score (nSPS) is 11.2. The number of hydrogen-bond acceptors (Lipinski definition) is 2. The summed E-state index contributed by atoms with van der Waals surface area (Å²) in [6.45, 7) is 0. The molecular formula is C13H7Cl2F2N3. The van der Waals surface area contributed by atoms with Crippen LogP contribution in [0.25, 0.3) is 22.4 Å². The molecule has 0 saturated carbocycles. The van der Waals surface area contributed by atoms with Gasteiger partial charge in [-0.05, 0) is 24.3 Å². The van der Waals surface area contributed by atoms with E-state index in [0.717, 1.165) is 6.07 Å². The van der Waals surface area contributed by atoms with Crippen molar-refractivity contribution in [3.8, 4) is 11.4 Å². The molecule has 0 spiro atoms. The van der Waals surface area contributed by atoms with Gasteiger partial charge in [-0.2, -0.15) is 0 Å². The lowest BCUT2D eigenvalue weighted by Gasteiger charge is -2.06. The van der Waals surface area contributed by atoms with E-state index in [0.29, 0.717) is 21.1 Å². The zero-order chi connectivity index (χ0) is 14.4. The highest BCUT2D eigenvalue weighted by Crippen LogP contribution is 2.37. The molecule has 0 fully saturated rings. The van der Waals surface area contributed by atoms with Crippen molar-refractivity contribution in [1.82, 2.24) is 9.97 Å². The maximum atomic E-state index is 13.7. The first-order valence-corrected chi connectivity index (χ1v) is 6.32. The molecule has 20 heavy (non-hydrogen) atoms. The molecule has 0 aliphatic rings. The summed E-state index contributed by atoms with van der Waals surface area (Å²) in [5, 5.41) is 0.614. The van der Waals surface area contributed by atoms with Gasteiger partial charge < -0.3 is 10.7 Å². The molecule has 3 aromatic rings. The summed E-state index contributed by atoms with van der Waals surface area (Å²) in [5.41, 5.74) is 6.67. The minimum atomic E-state index is -1.03. The highest BCUT2D eigenvalue weighted by Gasteiger charge is 2.17. The average molecular weight is 314 g/mol. The third kappa shape index (κ3) is 1.90. The summed E-state index contributed by atoms with van der Waals surface area (Å²) in [7, 11) is 0. The lowest BCUT2D eigenvalue weighted by atomic mass is 10.1. The van der Waals surface area contributed by atoms with Gasteiger partial charge in [0.1, 0.15) is 11.3 Å². The van der Waals surface area contributed by atoms with Gasteiger partial charge in [0.05, 0.1) is 26.8 Å². The molecule has 2 aromatic carbocycles. The molecule has 0 atom stereocenters. The number of hydrogen-bond donors (Lipinski definition) is 2. The van der Waals surface area contributed by atoms with Crippen LogP contribution in [0, 0.1) is 11.6 Å². The molecule has 1 aromatic heterocycles. The molecule has 1 heterocycles. The molecular weight excluding hydrogens is 307 g/mol. The maximum absolute atomic E-state index is 13.7. The molecule has 0 saturated heterocycles. The number of aromatic nitrogens is 2. The van der Waals surface area contributed by atoms with Crippen molar-refractivity contribution in [2.75, 3.05) is 5.73 Å². The number of nitrogens with zero attached hydrogens (tertiary/aromatic N) is 1. The van der Waals surface area contributed by atoms with E-state index in [1.54, 1.807) is 12.1 Å². The highest BCUT2D eigenvalue weighted by molar-refractivity contribution is 6.37. The smallest absolute Gasteiger partial charge is 0.186 e. The lowest BCUT2D eigenvalue weighted by Crippen LogP contribution is -1.93. The summed E-state index contributed by atoms with van der Waals surface area (Å²) >= 11 is 12.0. The third-order valence-electron chi connectivity index (χ3n) is 2.92. The van der Waals surface area contributed by atoms with E-state index < -0.39 is 11.6 Å². The average Bonchev–Trinajstić information content (AvgIpc) is 2.83. The Morgan fingerprint density at radius 3 is 2.50 bits per heavy atom. The van der Waals surface area contributed by atoms with E-state index in [4.69, 9.17) is 28.9 Å². The Kier molecular flexibility index (Phi) is 3.03. The molecule has 3 nitrogen and oxygen atoms in total. The van der Waals surface area contributed by atoms with E-state index in [9.17, 15) is 8.78 Å². The summed E-state index contributed by atoms with van der Waals surface area (Å²) in [6.07, 6.45) is 0. The molecule has 0 amide bonds. The van der Waals surface area contributed by atoms with Crippen LogP contribution in [0.5, 0.6) is 0 Å². The van der Waals surface area contributed by atoms with Gasteiger partial charge in [-0.25, -0.2) is 13.8 Å². The van der Waals surface area contributed by atoms with Crippen LogP contribution in [0.4, 0.5) is 14.5 Å². The van der Waals surface area contributed by atoms with Gasteiger partial charge in [-0.1, -0.05) is 23.2 Å². The first-order chi connectivity index (χ1) is 9.49. The Hall–Kier alpha value is -1.85. The number of anilines is 1. The zero-order valence-electron chi connectivity index (χ0n) is 9.85.